The van der Waals surface area contributed by atoms with Gasteiger partial charge < -0.3 is 4.90 Å². The Morgan fingerprint density at radius 2 is 1.94 bits per heavy atom. The van der Waals surface area contributed by atoms with E-state index < -0.39 is 0 Å². The monoisotopic (exact) mass is 247 g/mol. The Bertz CT molecular complexity index is 555. The van der Waals surface area contributed by atoms with Crippen molar-refractivity contribution in [1.82, 2.24) is 9.97 Å². The van der Waals surface area contributed by atoms with Gasteiger partial charge in [0, 0.05) is 13.1 Å². The second kappa shape index (κ2) is 4.15. The Morgan fingerprint density at radius 3 is 2.59 bits per heavy atom. The Balaban J connectivity index is 2.07. The van der Waals surface area contributed by atoms with Crippen molar-refractivity contribution in [2.24, 2.45) is 0 Å². The fourth-order valence-electron chi connectivity index (χ4n) is 2.29. The first-order valence-electron chi connectivity index (χ1n) is 5.86. The number of halogens is 1. The van der Waals surface area contributed by atoms with E-state index in [2.05, 4.69) is 9.88 Å². The van der Waals surface area contributed by atoms with Gasteiger partial charge in [0.25, 0.3) is 0 Å². The number of para-hydroxylation sites is 2. The Morgan fingerprint density at radius 1 is 1.24 bits per heavy atom. The molecule has 1 atom stereocenters. The molecule has 88 valence electrons. The number of nitrogens with zero attached hydrogens (tertiary/aromatic N) is 3. The highest BCUT2D eigenvalue weighted by molar-refractivity contribution is 6.21. The van der Waals surface area contributed by atoms with Gasteiger partial charge in [-0.1, -0.05) is 12.1 Å². The van der Waals surface area contributed by atoms with E-state index in [0.717, 1.165) is 42.1 Å². The number of rotatable bonds is 1. The van der Waals surface area contributed by atoms with Crippen LogP contribution >= 0.6 is 11.6 Å². The van der Waals surface area contributed by atoms with Crippen LogP contribution in [0.3, 0.4) is 0 Å². The summed E-state index contributed by atoms with van der Waals surface area (Å²) in [5, 5.41) is 0.239. The van der Waals surface area contributed by atoms with Crippen molar-refractivity contribution in [3.8, 4) is 0 Å². The lowest BCUT2D eigenvalue weighted by Gasteiger charge is -2.18. The van der Waals surface area contributed by atoms with E-state index >= 15 is 0 Å². The third-order valence-corrected chi connectivity index (χ3v) is 3.51. The van der Waals surface area contributed by atoms with Crippen LogP contribution in [0, 0.1) is 6.92 Å². The van der Waals surface area contributed by atoms with Crippen LogP contribution in [0.4, 0.5) is 5.82 Å². The lowest BCUT2D eigenvalue weighted by atomic mass is 10.3. The highest BCUT2D eigenvalue weighted by Gasteiger charge is 2.23. The molecule has 4 heteroatoms. The molecule has 0 spiro atoms. The normalized spacial score (nSPS) is 20.1. The lowest BCUT2D eigenvalue weighted by Crippen LogP contribution is -2.22. The minimum absolute atomic E-state index is 0.239. The molecule has 0 amide bonds. The van der Waals surface area contributed by atoms with E-state index in [1.54, 1.807) is 0 Å². The summed E-state index contributed by atoms with van der Waals surface area (Å²) >= 11 is 6.14. The summed E-state index contributed by atoms with van der Waals surface area (Å²) in [6.07, 6.45) is 1.02. The van der Waals surface area contributed by atoms with Gasteiger partial charge in [0.1, 0.15) is 0 Å². The van der Waals surface area contributed by atoms with Crippen LogP contribution in [0.25, 0.3) is 11.0 Å². The third kappa shape index (κ3) is 1.95. The number of hydrogen-bond donors (Lipinski definition) is 0. The number of hydrogen-bond acceptors (Lipinski definition) is 3. The molecule has 1 fully saturated rings. The third-order valence-electron chi connectivity index (χ3n) is 3.15. The molecular formula is C13H14ClN3. The molecule has 1 aliphatic heterocycles. The summed E-state index contributed by atoms with van der Waals surface area (Å²) in [5.74, 6) is 0.979. The van der Waals surface area contributed by atoms with Gasteiger partial charge in [-0.15, -0.1) is 11.6 Å². The first-order chi connectivity index (χ1) is 8.24. The second-order valence-electron chi connectivity index (χ2n) is 4.45. The van der Waals surface area contributed by atoms with Crippen molar-refractivity contribution in [2.75, 3.05) is 18.0 Å². The molecule has 1 aliphatic rings. The summed E-state index contributed by atoms with van der Waals surface area (Å²) in [6.45, 7) is 3.85. The summed E-state index contributed by atoms with van der Waals surface area (Å²) < 4.78 is 0. The molecule has 1 aromatic carbocycles. The van der Waals surface area contributed by atoms with E-state index in [1.165, 1.54) is 0 Å². The van der Waals surface area contributed by atoms with Crippen LogP contribution in [0.1, 0.15) is 12.1 Å². The zero-order valence-corrected chi connectivity index (χ0v) is 10.5. The van der Waals surface area contributed by atoms with Crippen LogP contribution in [-0.2, 0) is 0 Å². The average molecular weight is 248 g/mol. The molecule has 0 aliphatic carbocycles. The minimum atomic E-state index is 0.239. The van der Waals surface area contributed by atoms with E-state index in [-0.39, 0.29) is 5.38 Å². The maximum Gasteiger partial charge on any atom is 0.150 e. The van der Waals surface area contributed by atoms with Gasteiger partial charge in [0.2, 0.25) is 0 Å². The molecule has 0 saturated carbocycles. The number of anilines is 1. The average Bonchev–Trinajstić information content (AvgIpc) is 2.75. The van der Waals surface area contributed by atoms with Crippen molar-refractivity contribution >= 4 is 28.5 Å². The van der Waals surface area contributed by atoms with Crippen molar-refractivity contribution in [3.63, 3.8) is 0 Å². The maximum atomic E-state index is 6.14. The summed E-state index contributed by atoms with van der Waals surface area (Å²) in [6, 6.07) is 7.97. The Hall–Kier alpha value is -1.35. The predicted octanol–water partition coefficient (Wildman–Crippen LogP) is 2.76. The summed E-state index contributed by atoms with van der Waals surface area (Å²) in [4.78, 5) is 11.5. The van der Waals surface area contributed by atoms with Crippen molar-refractivity contribution in [1.29, 1.82) is 0 Å². The van der Waals surface area contributed by atoms with E-state index in [4.69, 9.17) is 16.6 Å². The highest BCUT2D eigenvalue weighted by Crippen LogP contribution is 2.25. The number of fused-ring (bicyclic) bond motifs is 1. The molecule has 2 aromatic rings. The standard InChI is InChI=1S/C13H14ClN3/c1-9-13(17-7-6-10(14)8-17)16-12-5-3-2-4-11(12)15-9/h2-5,10H,6-8H2,1H3. The number of benzene rings is 1. The van der Waals surface area contributed by atoms with Gasteiger partial charge in [-0.2, -0.15) is 0 Å². The summed E-state index contributed by atoms with van der Waals surface area (Å²) in [7, 11) is 0. The van der Waals surface area contributed by atoms with Gasteiger partial charge in [0.15, 0.2) is 5.82 Å². The van der Waals surface area contributed by atoms with E-state index in [1.807, 2.05) is 31.2 Å². The van der Waals surface area contributed by atoms with Gasteiger partial charge >= 0.3 is 0 Å². The number of aromatic nitrogens is 2. The maximum absolute atomic E-state index is 6.14. The predicted molar refractivity (Wildman–Crippen MR) is 70.7 cm³/mol. The molecule has 2 heterocycles. The Kier molecular flexibility index (Phi) is 2.63. The molecule has 3 rings (SSSR count). The molecular weight excluding hydrogens is 234 g/mol. The molecule has 1 unspecified atom stereocenters. The summed E-state index contributed by atoms with van der Waals surface area (Å²) in [5.41, 5.74) is 2.89. The highest BCUT2D eigenvalue weighted by atomic mass is 35.5. The molecule has 0 N–H and O–H groups in total. The first-order valence-corrected chi connectivity index (χ1v) is 6.30. The minimum Gasteiger partial charge on any atom is -0.354 e. The van der Waals surface area contributed by atoms with Crippen molar-refractivity contribution in [2.45, 2.75) is 18.7 Å². The Labute approximate surface area is 105 Å². The fraction of sp³-hybridized carbons (Fsp3) is 0.385. The zero-order chi connectivity index (χ0) is 11.8. The van der Waals surface area contributed by atoms with Crippen LogP contribution in [0.15, 0.2) is 24.3 Å². The first kappa shape index (κ1) is 10.8. The molecule has 3 nitrogen and oxygen atoms in total. The molecule has 1 saturated heterocycles. The number of alkyl halides is 1. The van der Waals surface area contributed by atoms with Gasteiger partial charge in [-0.3, -0.25) is 0 Å². The molecule has 0 bridgehead atoms. The fourth-order valence-corrected chi connectivity index (χ4v) is 2.55. The van der Waals surface area contributed by atoms with Gasteiger partial charge in [0.05, 0.1) is 22.1 Å². The van der Waals surface area contributed by atoms with Gasteiger partial charge in [-0.05, 0) is 25.5 Å². The smallest absolute Gasteiger partial charge is 0.150 e. The lowest BCUT2D eigenvalue weighted by molar-refractivity contribution is 0.923. The van der Waals surface area contributed by atoms with Crippen LogP contribution < -0.4 is 4.90 Å². The van der Waals surface area contributed by atoms with Crippen LogP contribution in [0.2, 0.25) is 0 Å². The zero-order valence-electron chi connectivity index (χ0n) is 9.73. The van der Waals surface area contributed by atoms with Crippen LogP contribution in [0.5, 0.6) is 0 Å². The number of aryl methyl sites for hydroxylation is 1. The molecule has 0 radical (unpaired) electrons. The molecule has 17 heavy (non-hydrogen) atoms. The second-order valence-corrected chi connectivity index (χ2v) is 5.07. The van der Waals surface area contributed by atoms with E-state index in [9.17, 15) is 0 Å². The quantitative estimate of drug-likeness (QED) is 0.726. The molecule has 1 aromatic heterocycles. The van der Waals surface area contributed by atoms with E-state index in [0.29, 0.717) is 0 Å². The topological polar surface area (TPSA) is 29.0 Å². The van der Waals surface area contributed by atoms with Crippen molar-refractivity contribution < 1.29 is 0 Å². The van der Waals surface area contributed by atoms with Crippen LogP contribution in [-0.4, -0.2) is 28.4 Å². The van der Waals surface area contributed by atoms with Crippen molar-refractivity contribution in [3.05, 3.63) is 30.0 Å². The SMILES string of the molecule is Cc1nc2ccccc2nc1N1CCC(Cl)C1. The largest absolute Gasteiger partial charge is 0.354 e. The van der Waals surface area contributed by atoms with Gasteiger partial charge in [-0.25, -0.2) is 9.97 Å².